The van der Waals surface area contributed by atoms with Crippen molar-refractivity contribution in [2.24, 2.45) is 13.0 Å². The lowest BCUT2D eigenvalue weighted by atomic mass is 9.91. The number of carbonyl (C=O) groups is 2. The lowest BCUT2D eigenvalue weighted by molar-refractivity contribution is -0.136. The van der Waals surface area contributed by atoms with E-state index in [0.29, 0.717) is 18.9 Å². The molecule has 7 nitrogen and oxygen atoms in total. The van der Waals surface area contributed by atoms with E-state index in [4.69, 9.17) is 5.10 Å². The topological polar surface area (TPSA) is 71.3 Å². The quantitative estimate of drug-likeness (QED) is 0.798. The Balaban J connectivity index is 1.42. The largest absolute Gasteiger partial charge is 0.342 e. The fourth-order valence-corrected chi connectivity index (χ4v) is 4.57. The summed E-state index contributed by atoms with van der Waals surface area (Å²) in [6.07, 6.45) is 3.93. The number of fused-ring (bicyclic) bond motifs is 1. The molecule has 2 aromatic heterocycles. The van der Waals surface area contributed by atoms with Crippen LogP contribution in [0.15, 0.2) is 18.3 Å². The molecule has 2 aliphatic heterocycles. The van der Waals surface area contributed by atoms with Gasteiger partial charge in [-0.1, -0.05) is 0 Å². The Morgan fingerprint density at radius 3 is 2.57 bits per heavy atom. The highest BCUT2D eigenvalue weighted by atomic mass is 16.2. The monoisotopic (exact) mass is 383 g/mol. The minimum absolute atomic E-state index is 0.0909. The third kappa shape index (κ3) is 3.27. The first kappa shape index (κ1) is 18.9. The number of likely N-dealkylation sites (tertiary alicyclic amines) is 2. The molecule has 2 saturated heterocycles. The van der Waals surface area contributed by atoms with E-state index in [1.807, 2.05) is 48.4 Å². The first-order chi connectivity index (χ1) is 13.3. The zero-order valence-electron chi connectivity index (χ0n) is 17.2. The minimum Gasteiger partial charge on any atom is -0.342 e. The zero-order chi connectivity index (χ0) is 20.1. The van der Waals surface area contributed by atoms with Crippen LogP contribution < -0.4 is 0 Å². The van der Waals surface area contributed by atoms with Gasteiger partial charge in [-0.3, -0.25) is 14.3 Å². The SMILES string of the molecule is Cn1nc(C2CCN(C(=O)C3CC(=O)N(C(C)(C)C)C3)CC2)c2cccnc21. The van der Waals surface area contributed by atoms with Crippen LogP contribution in [-0.4, -0.2) is 61.6 Å². The first-order valence-corrected chi connectivity index (χ1v) is 10.1. The van der Waals surface area contributed by atoms with Crippen LogP contribution in [0.3, 0.4) is 0 Å². The summed E-state index contributed by atoms with van der Waals surface area (Å²) in [5, 5.41) is 5.82. The van der Waals surface area contributed by atoms with E-state index < -0.39 is 0 Å². The molecule has 0 bridgehead atoms. The van der Waals surface area contributed by atoms with Crippen molar-refractivity contribution in [2.45, 2.75) is 51.5 Å². The van der Waals surface area contributed by atoms with Crippen LogP contribution in [0.5, 0.6) is 0 Å². The van der Waals surface area contributed by atoms with Gasteiger partial charge >= 0.3 is 0 Å². The van der Waals surface area contributed by atoms with Gasteiger partial charge in [0.05, 0.1) is 11.6 Å². The van der Waals surface area contributed by atoms with Gasteiger partial charge in [0.2, 0.25) is 11.8 Å². The summed E-state index contributed by atoms with van der Waals surface area (Å²) in [7, 11) is 1.93. The van der Waals surface area contributed by atoms with Gasteiger partial charge in [0.25, 0.3) is 0 Å². The van der Waals surface area contributed by atoms with E-state index in [0.717, 1.165) is 42.7 Å². The Kier molecular flexibility index (Phi) is 4.63. The predicted octanol–water partition coefficient (Wildman–Crippen LogP) is 2.32. The first-order valence-electron chi connectivity index (χ1n) is 10.1. The van der Waals surface area contributed by atoms with Crippen LogP contribution in [0.4, 0.5) is 0 Å². The normalized spacial score (nSPS) is 21.7. The van der Waals surface area contributed by atoms with Crippen molar-refractivity contribution in [3.05, 3.63) is 24.0 Å². The predicted molar refractivity (Wildman–Crippen MR) is 107 cm³/mol. The second-order valence-corrected chi connectivity index (χ2v) is 9.06. The van der Waals surface area contributed by atoms with E-state index in [2.05, 4.69) is 11.1 Å². The molecule has 1 unspecified atom stereocenters. The van der Waals surface area contributed by atoms with Gasteiger partial charge in [-0.25, -0.2) is 4.98 Å². The molecule has 4 rings (SSSR count). The highest BCUT2D eigenvalue weighted by Gasteiger charge is 2.41. The molecule has 0 radical (unpaired) electrons. The molecule has 0 spiro atoms. The molecule has 2 amide bonds. The molecule has 1 atom stereocenters. The molecular weight excluding hydrogens is 354 g/mol. The number of aryl methyl sites for hydroxylation is 1. The number of pyridine rings is 1. The van der Waals surface area contributed by atoms with Crippen LogP contribution in [0.1, 0.15) is 51.6 Å². The number of amides is 2. The number of rotatable bonds is 2. The molecule has 0 saturated carbocycles. The minimum atomic E-state index is -0.229. The van der Waals surface area contributed by atoms with Gasteiger partial charge in [0.1, 0.15) is 0 Å². The van der Waals surface area contributed by atoms with Crippen molar-refractivity contribution in [3.63, 3.8) is 0 Å². The van der Waals surface area contributed by atoms with Crippen LogP contribution in [0.2, 0.25) is 0 Å². The zero-order valence-corrected chi connectivity index (χ0v) is 17.2. The van der Waals surface area contributed by atoms with Gasteiger partial charge in [-0.05, 0) is 45.7 Å². The van der Waals surface area contributed by atoms with Crippen molar-refractivity contribution in [2.75, 3.05) is 19.6 Å². The number of aromatic nitrogens is 3. The maximum atomic E-state index is 13.0. The van der Waals surface area contributed by atoms with E-state index in [-0.39, 0.29) is 23.3 Å². The lowest BCUT2D eigenvalue weighted by Gasteiger charge is -2.34. The van der Waals surface area contributed by atoms with Crippen LogP contribution in [0, 0.1) is 5.92 Å². The molecule has 2 aliphatic rings. The molecule has 0 aliphatic carbocycles. The lowest BCUT2D eigenvalue weighted by Crippen LogP contribution is -2.45. The van der Waals surface area contributed by atoms with Crippen molar-refractivity contribution in [3.8, 4) is 0 Å². The van der Waals surface area contributed by atoms with Crippen molar-refractivity contribution < 1.29 is 9.59 Å². The van der Waals surface area contributed by atoms with Crippen LogP contribution >= 0.6 is 0 Å². The molecule has 28 heavy (non-hydrogen) atoms. The standard InChI is InChI=1S/C21H29N5O2/c1-21(2,3)26-13-15(12-17(26)27)20(28)25-10-7-14(8-11-25)18-16-6-5-9-22-19(16)24(4)23-18/h5-6,9,14-15H,7-8,10-13H2,1-4H3. The summed E-state index contributed by atoms with van der Waals surface area (Å²) >= 11 is 0. The van der Waals surface area contributed by atoms with E-state index in [1.165, 1.54) is 0 Å². The Morgan fingerprint density at radius 1 is 1.21 bits per heavy atom. The van der Waals surface area contributed by atoms with Crippen molar-refractivity contribution in [1.82, 2.24) is 24.6 Å². The Hall–Kier alpha value is -2.44. The molecule has 150 valence electrons. The number of carbonyl (C=O) groups excluding carboxylic acids is 2. The molecular formula is C21H29N5O2. The Labute approximate surface area is 165 Å². The van der Waals surface area contributed by atoms with Gasteiger partial charge in [-0.2, -0.15) is 5.10 Å². The molecule has 2 aromatic rings. The Morgan fingerprint density at radius 2 is 1.93 bits per heavy atom. The number of hydrogen-bond acceptors (Lipinski definition) is 4. The summed E-state index contributed by atoms with van der Waals surface area (Å²) < 4.78 is 1.84. The van der Waals surface area contributed by atoms with Gasteiger partial charge in [-0.15, -0.1) is 0 Å². The van der Waals surface area contributed by atoms with Crippen molar-refractivity contribution >= 4 is 22.8 Å². The molecule has 2 fully saturated rings. The van der Waals surface area contributed by atoms with Gasteiger partial charge < -0.3 is 9.80 Å². The van der Waals surface area contributed by atoms with E-state index in [1.54, 1.807) is 6.20 Å². The second kappa shape index (κ2) is 6.87. The fraction of sp³-hybridized carbons (Fsp3) is 0.619. The molecule has 0 N–H and O–H groups in total. The summed E-state index contributed by atoms with van der Waals surface area (Å²) in [6.45, 7) is 8.06. The number of nitrogens with zero attached hydrogens (tertiary/aromatic N) is 5. The summed E-state index contributed by atoms with van der Waals surface area (Å²) in [4.78, 5) is 33.5. The average molecular weight is 383 g/mol. The fourth-order valence-electron chi connectivity index (χ4n) is 4.57. The van der Waals surface area contributed by atoms with Crippen LogP contribution in [-0.2, 0) is 16.6 Å². The third-order valence-corrected chi connectivity index (χ3v) is 6.10. The molecule has 4 heterocycles. The smallest absolute Gasteiger partial charge is 0.227 e. The summed E-state index contributed by atoms with van der Waals surface area (Å²) in [5.41, 5.74) is 1.77. The highest BCUT2D eigenvalue weighted by Crippen LogP contribution is 2.33. The van der Waals surface area contributed by atoms with E-state index >= 15 is 0 Å². The van der Waals surface area contributed by atoms with Crippen molar-refractivity contribution in [1.29, 1.82) is 0 Å². The van der Waals surface area contributed by atoms with Gasteiger partial charge in [0, 0.05) is 56.1 Å². The highest BCUT2D eigenvalue weighted by molar-refractivity contribution is 5.89. The number of piperidine rings is 1. The maximum Gasteiger partial charge on any atom is 0.227 e. The second-order valence-electron chi connectivity index (χ2n) is 9.06. The molecule has 7 heteroatoms. The maximum absolute atomic E-state index is 13.0. The summed E-state index contributed by atoms with van der Waals surface area (Å²) in [5.74, 6) is 0.357. The van der Waals surface area contributed by atoms with E-state index in [9.17, 15) is 9.59 Å². The Bertz CT molecular complexity index is 905. The third-order valence-electron chi connectivity index (χ3n) is 6.10. The van der Waals surface area contributed by atoms with Crippen LogP contribution in [0.25, 0.3) is 11.0 Å². The number of hydrogen-bond donors (Lipinski definition) is 0. The van der Waals surface area contributed by atoms with Gasteiger partial charge in [0.15, 0.2) is 5.65 Å². The average Bonchev–Trinajstić information content (AvgIpc) is 3.22. The molecule has 0 aromatic carbocycles. The summed E-state index contributed by atoms with van der Waals surface area (Å²) in [6, 6.07) is 4.03.